The first-order valence-corrected chi connectivity index (χ1v) is 12.1. The number of ether oxygens (including phenoxy) is 2. The highest BCUT2D eigenvalue weighted by Gasteiger charge is 2.27. The Hall–Kier alpha value is -3.85. The number of hydrazone groups is 1. The molecule has 9 heteroatoms. The Morgan fingerprint density at radius 2 is 1.71 bits per heavy atom. The van der Waals surface area contributed by atoms with Gasteiger partial charge in [-0.05, 0) is 62.4 Å². The summed E-state index contributed by atoms with van der Waals surface area (Å²) >= 11 is 0. The first-order chi connectivity index (χ1) is 16.3. The SMILES string of the molecule is CCOc1ccc(N(CC(=O)N/N=C/c2ccccc2OC)S(=O)(=O)c2ccc(C)cc2)cc1. The average Bonchev–Trinajstić information content (AvgIpc) is 2.84. The Morgan fingerprint density at radius 3 is 2.35 bits per heavy atom. The first-order valence-electron chi connectivity index (χ1n) is 10.6. The summed E-state index contributed by atoms with van der Waals surface area (Å²) < 4.78 is 38.6. The summed E-state index contributed by atoms with van der Waals surface area (Å²) in [6, 6.07) is 20.2. The molecule has 0 aliphatic rings. The van der Waals surface area contributed by atoms with Crippen LogP contribution in [0.1, 0.15) is 18.1 Å². The van der Waals surface area contributed by atoms with Crippen LogP contribution in [0.5, 0.6) is 11.5 Å². The van der Waals surface area contributed by atoms with Gasteiger partial charge in [0.15, 0.2) is 0 Å². The molecule has 1 N–H and O–H groups in total. The third-order valence-corrected chi connectivity index (χ3v) is 6.65. The number of amides is 1. The smallest absolute Gasteiger partial charge is 0.264 e. The van der Waals surface area contributed by atoms with E-state index in [0.29, 0.717) is 29.4 Å². The van der Waals surface area contributed by atoms with E-state index in [2.05, 4.69) is 10.5 Å². The van der Waals surface area contributed by atoms with E-state index in [0.717, 1.165) is 9.87 Å². The monoisotopic (exact) mass is 481 g/mol. The predicted octanol–water partition coefficient (Wildman–Crippen LogP) is 3.75. The summed E-state index contributed by atoms with van der Waals surface area (Å²) in [7, 11) is -2.48. The van der Waals surface area contributed by atoms with Gasteiger partial charge in [-0.15, -0.1) is 0 Å². The Bertz CT molecular complexity index is 1240. The minimum atomic E-state index is -4.02. The highest BCUT2D eigenvalue weighted by atomic mass is 32.2. The Kier molecular flexibility index (Phi) is 8.26. The van der Waals surface area contributed by atoms with Gasteiger partial charge in [-0.25, -0.2) is 13.8 Å². The molecule has 0 unspecified atom stereocenters. The van der Waals surface area contributed by atoms with Gasteiger partial charge in [0, 0.05) is 5.56 Å². The van der Waals surface area contributed by atoms with Gasteiger partial charge in [0.2, 0.25) is 0 Å². The van der Waals surface area contributed by atoms with E-state index < -0.39 is 22.5 Å². The van der Waals surface area contributed by atoms with Crippen molar-refractivity contribution in [2.75, 3.05) is 24.6 Å². The number of anilines is 1. The van der Waals surface area contributed by atoms with Gasteiger partial charge in [0.25, 0.3) is 15.9 Å². The van der Waals surface area contributed by atoms with Crippen LogP contribution in [0.15, 0.2) is 82.8 Å². The fourth-order valence-electron chi connectivity index (χ4n) is 3.14. The highest BCUT2D eigenvalue weighted by molar-refractivity contribution is 7.92. The zero-order valence-corrected chi connectivity index (χ0v) is 20.1. The largest absolute Gasteiger partial charge is 0.496 e. The summed E-state index contributed by atoms with van der Waals surface area (Å²) in [5.74, 6) is 0.596. The Labute approximate surface area is 199 Å². The molecule has 3 aromatic carbocycles. The molecule has 0 saturated carbocycles. The maximum atomic E-state index is 13.4. The van der Waals surface area contributed by atoms with E-state index in [9.17, 15) is 13.2 Å². The minimum Gasteiger partial charge on any atom is -0.496 e. The number of hydrogen-bond acceptors (Lipinski definition) is 6. The van der Waals surface area contributed by atoms with Crippen LogP contribution in [0.4, 0.5) is 5.69 Å². The molecule has 0 fully saturated rings. The van der Waals surface area contributed by atoms with Crippen molar-refractivity contribution in [3.63, 3.8) is 0 Å². The second-order valence-corrected chi connectivity index (χ2v) is 9.15. The molecule has 0 aliphatic heterocycles. The average molecular weight is 482 g/mol. The number of nitrogens with zero attached hydrogens (tertiary/aromatic N) is 2. The molecule has 0 heterocycles. The van der Waals surface area contributed by atoms with Crippen molar-refractivity contribution in [3.8, 4) is 11.5 Å². The summed E-state index contributed by atoms with van der Waals surface area (Å²) in [5, 5.41) is 3.96. The van der Waals surface area contributed by atoms with Gasteiger partial charge in [-0.2, -0.15) is 5.10 Å². The van der Waals surface area contributed by atoms with Crippen LogP contribution in [0.3, 0.4) is 0 Å². The molecule has 0 radical (unpaired) electrons. The van der Waals surface area contributed by atoms with Crippen molar-refractivity contribution in [1.29, 1.82) is 0 Å². The van der Waals surface area contributed by atoms with Gasteiger partial charge in [0.05, 0.1) is 30.5 Å². The van der Waals surface area contributed by atoms with Crippen molar-refractivity contribution in [1.82, 2.24) is 5.43 Å². The molecule has 3 rings (SSSR count). The van der Waals surface area contributed by atoms with E-state index in [-0.39, 0.29) is 4.90 Å². The fourth-order valence-corrected chi connectivity index (χ4v) is 4.56. The third-order valence-electron chi connectivity index (χ3n) is 4.86. The van der Waals surface area contributed by atoms with Crippen molar-refractivity contribution in [2.45, 2.75) is 18.7 Å². The second kappa shape index (κ2) is 11.3. The lowest BCUT2D eigenvalue weighted by Gasteiger charge is -2.24. The van der Waals surface area contributed by atoms with E-state index >= 15 is 0 Å². The summed E-state index contributed by atoms with van der Waals surface area (Å²) in [4.78, 5) is 12.8. The van der Waals surface area contributed by atoms with Crippen molar-refractivity contribution >= 4 is 27.8 Å². The predicted molar refractivity (Wildman–Crippen MR) is 132 cm³/mol. The molecule has 0 bridgehead atoms. The lowest BCUT2D eigenvalue weighted by molar-refractivity contribution is -0.119. The lowest BCUT2D eigenvalue weighted by atomic mass is 10.2. The van der Waals surface area contributed by atoms with Crippen molar-refractivity contribution < 1.29 is 22.7 Å². The molecular weight excluding hydrogens is 454 g/mol. The topological polar surface area (TPSA) is 97.3 Å². The van der Waals surface area contributed by atoms with Crippen molar-refractivity contribution in [3.05, 3.63) is 83.9 Å². The normalized spacial score (nSPS) is 11.3. The number of sulfonamides is 1. The van der Waals surface area contributed by atoms with Gasteiger partial charge < -0.3 is 9.47 Å². The quantitative estimate of drug-likeness (QED) is 0.351. The number of methoxy groups -OCH3 is 1. The second-order valence-electron chi connectivity index (χ2n) is 7.29. The number of aryl methyl sites for hydroxylation is 1. The number of carbonyl (C=O) groups is 1. The fraction of sp³-hybridized carbons (Fsp3) is 0.200. The zero-order valence-electron chi connectivity index (χ0n) is 19.3. The first kappa shape index (κ1) is 24.8. The minimum absolute atomic E-state index is 0.0808. The molecule has 34 heavy (non-hydrogen) atoms. The summed E-state index contributed by atoms with van der Waals surface area (Å²) in [5.41, 5.74) is 4.31. The zero-order chi connectivity index (χ0) is 24.6. The van der Waals surface area contributed by atoms with Crippen LogP contribution < -0.4 is 19.2 Å². The summed E-state index contributed by atoms with van der Waals surface area (Å²) in [6.45, 7) is 3.75. The van der Waals surface area contributed by atoms with Crippen LogP contribution in [0.25, 0.3) is 0 Å². The van der Waals surface area contributed by atoms with E-state index in [1.807, 2.05) is 26.0 Å². The lowest BCUT2D eigenvalue weighted by Crippen LogP contribution is -2.39. The molecule has 0 spiro atoms. The number of rotatable bonds is 10. The van der Waals surface area contributed by atoms with Crippen LogP contribution in [-0.2, 0) is 14.8 Å². The number of hydrogen-bond donors (Lipinski definition) is 1. The maximum Gasteiger partial charge on any atom is 0.264 e. The molecule has 3 aromatic rings. The molecule has 178 valence electrons. The van der Waals surface area contributed by atoms with Crippen LogP contribution in [-0.4, -0.2) is 40.8 Å². The number of benzene rings is 3. The number of nitrogens with one attached hydrogen (secondary N) is 1. The number of para-hydroxylation sites is 1. The van der Waals surface area contributed by atoms with E-state index in [4.69, 9.17) is 9.47 Å². The molecule has 0 aromatic heterocycles. The standard InChI is InChI=1S/C25H27N3O5S/c1-4-33-22-13-11-21(12-14-22)28(34(30,31)23-15-9-19(2)10-16-23)18-25(29)27-26-17-20-7-5-6-8-24(20)32-3/h5-17H,4,18H2,1-3H3,(H,27,29)/b26-17+. The Balaban J connectivity index is 1.85. The molecule has 0 atom stereocenters. The third kappa shape index (κ3) is 6.14. The molecular formula is C25H27N3O5S. The van der Waals surface area contributed by atoms with E-state index in [1.54, 1.807) is 48.5 Å². The van der Waals surface area contributed by atoms with Gasteiger partial charge >= 0.3 is 0 Å². The van der Waals surface area contributed by atoms with Crippen LogP contribution in [0, 0.1) is 6.92 Å². The number of carbonyl (C=O) groups excluding carboxylic acids is 1. The molecule has 8 nitrogen and oxygen atoms in total. The molecule has 0 saturated heterocycles. The van der Waals surface area contributed by atoms with E-state index in [1.165, 1.54) is 25.5 Å². The maximum absolute atomic E-state index is 13.4. The van der Waals surface area contributed by atoms with Gasteiger partial charge in [-0.3, -0.25) is 9.10 Å². The Morgan fingerprint density at radius 1 is 1.03 bits per heavy atom. The van der Waals surface area contributed by atoms with Gasteiger partial charge in [0.1, 0.15) is 18.0 Å². The molecule has 0 aliphatic carbocycles. The summed E-state index contributed by atoms with van der Waals surface area (Å²) in [6.07, 6.45) is 1.44. The molecule has 1 amide bonds. The van der Waals surface area contributed by atoms with Crippen LogP contribution >= 0.6 is 0 Å². The van der Waals surface area contributed by atoms with Crippen molar-refractivity contribution in [2.24, 2.45) is 5.10 Å². The van der Waals surface area contributed by atoms with Crippen LogP contribution in [0.2, 0.25) is 0 Å². The highest BCUT2D eigenvalue weighted by Crippen LogP contribution is 2.26. The van der Waals surface area contributed by atoms with Gasteiger partial charge in [-0.1, -0.05) is 29.8 Å².